The van der Waals surface area contributed by atoms with Crippen LogP contribution in [0.25, 0.3) is 0 Å². The summed E-state index contributed by atoms with van der Waals surface area (Å²) < 4.78 is 0. The largest absolute Gasteiger partial charge is 0.325 e. The first kappa shape index (κ1) is 14.0. The molecular weight excluding hydrogens is 194 g/mol. The summed E-state index contributed by atoms with van der Waals surface area (Å²) in [6, 6.07) is 0. The van der Waals surface area contributed by atoms with Gasteiger partial charge in [-0.3, -0.25) is 0 Å². The second-order valence-corrected chi connectivity index (χ2v) is 5.91. The fourth-order valence-corrected chi connectivity index (χ4v) is 3.01. The molecule has 0 unspecified atom stereocenters. The van der Waals surface area contributed by atoms with Gasteiger partial charge in [0.05, 0.1) is 0 Å². The summed E-state index contributed by atoms with van der Waals surface area (Å²) in [5, 5.41) is 0. The SMILES string of the molecule is CCCCCC1(N)CCC(CCCC)CC1. The van der Waals surface area contributed by atoms with E-state index in [1.807, 2.05) is 0 Å². The summed E-state index contributed by atoms with van der Waals surface area (Å²) in [4.78, 5) is 0. The van der Waals surface area contributed by atoms with Crippen LogP contribution >= 0.6 is 0 Å². The second kappa shape index (κ2) is 7.32. The summed E-state index contributed by atoms with van der Waals surface area (Å²) in [6.07, 6.45) is 14.8. The van der Waals surface area contributed by atoms with Crippen molar-refractivity contribution in [3.05, 3.63) is 0 Å². The van der Waals surface area contributed by atoms with E-state index in [2.05, 4.69) is 13.8 Å². The summed E-state index contributed by atoms with van der Waals surface area (Å²) in [6.45, 7) is 4.56. The Labute approximate surface area is 102 Å². The van der Waals surface area contributed by atoms with Crippen LogP contribution in [0.15, 0.2) is 0 Å². The number of rotatable bonds is 7. The van der Waals surface area contributed by atoms with Crippen molar-refractivity contribution in [3.8, 4) is 0 Å². The minimum atomic E-state index is 0.206. The van der Waals surface area contributed by atoms with Gasteiger partial charge in [-0.05, 0) is 38.0 Å². The van der Waals surface area contributed by atoms with E-state index in [-0.39, 0.29) is 5.54 Å². The average molecular weight is 225 g/mol. The molecule has 16 heavy (non-hydrogen) atoms. The van der Waals surface area contributed by atoms with Crippen LogP contribution in [0.4, 0.5) is 0 Å². The molecule has 0 aromatic rings. The Morgan fingerprint density at radius 3 is 2.19 bits per heavy atom. The van der Waals surface area contributed by atoms with Gasteiger partial charge in [0.2, 0.25) is 0 Å². The molecule has 0 heterocycles. The third-order valence-corrected chi connectivity index (χ3v) is 4.35. The molecule has 0 bridgehead atoms. The van der Waals surface area contributed by atoms with E-state index in [0.29, 0.717) is 0 Å². The van der Waals surface area contributed by atoms with Gasteiger partial charge < -0.3 is 5.73 Å². The normalized spacial score (nSPS) is 30.6. The second-order valence-electron chi connectivity index (χ2n) is 5.91. The van der Waals surface area contributed by atoms with Crippen LogP contribution in [-0.4, -0.2) is 5.54 Å². The zero-order valence-electron chi connectivity index (χ0n) is 11.4. The lowest BCUT2D eigenvalue weighted by Gasteiger charge is -2.37. The van der Waals surface area contributed by atoms with Gasteiger partial charge in [-0.15, -0.1) is 0 Å². The lowest BCUT2D eigenvalue weighted by Crippen LogP contribution is -2.43. The van der Waals surface area contributed by atoms with E-state index in [4.69, 9.17) is 5.73 Å². The maximum absolute atomic E-state index is 6.49. The maximum Gasteiger partial charge on any atom is 0.0154 e. The molecule has 0 radical (unpaired) electrons. The molecule has 0 atom stereocenters. The van der Waals surface area contributed by atoms with Crippen molar-refractivity contribution in [2.24, 2.45) is 11.7 Å². The molecule has 1 heteroatoms. The van der Waals surface area contributed by atoms with Crippen LogP contribution in [0.2, 0.25) is 0 Å². The topological polar surface area (TPSA) is 26.0 Å². The Bertz CT molecular complexity index is 168. The smallest absolute Gasteiger partial charge is 0.0154 e. The molecule has 0 saturated heterocycles. The van der Waals surface area contributed by atoms with Gasteiger partial charge in [0, 0.05) is 5.54 Å². The predicted molar refractivity (Wildman–Crippen MR) is 72.5 cm³/mol. The summed E-state index contributed by atoms with van der Waals surface area (Å²) in [5.74, 6) is 0.989. The van der Waals surface area contributed by atoms with Crippen molar-refractivity contribution in [3.63, 3.8) is 0 Å². The van der Waals surface area contributed by atoms with Gasteiger partial charge >= 0.3 is 0 Å². The molecule has 1 aliphatic carbocycles. The van der Waals surface area contributed by atoms with E-state index in [0.717, 1.165) is 5.92 Å². The third kappa shape index (κ3) is 4.86. The lowest BCUT2D eigenvalue weighted by atomic mass is 9.73. The van der Waals surface area contributed by atoms with Gasteiger partial charge in [0.25, 0.3) is 0 Å². The Morgan fingerprint density at radius 2 is 1.62 bits per heavy atom. The van der Waals surface area contributed by atoms with Crippen LogP contribution < -0.4 is 5.73 Å². The molecule has 1 fully saturated rings. The monoisotopic (exact) mass is 225 g/mol. The third-order valence-electron chi connectivity index (χ3n) is 4.35. The van der Waals surface area contributed by atoms with Crippen molar-refractivity contribution in [1.82, 2.24) is 0 Å². The van der Waals surface area contributed by atoms with Gasteiger partial charge in [0.15, 0.2) is 0 Å². The predicted octanol–water partition coefficient (Wildman–Crippen LogP) is 4.64. The highest BCUT2D eigenvalue weighted by Gasteiger charge is 2.30. The van der Waals surface area contributed by atoms with Crippen LogP contribution in [0.1, 0.15) is 84.5 Å². The van der Waals surface area contributed by atoms with E-state index in [9.17, 15) is 0 Å². The molecule has 0 aromatic heterocycles. The lowest BCUT2D eigenvalue weighted by molar-refractivity contribution is 0.208. The van der Waals surface area contributed by atoms with Gasteiger partial charge in [-0.2, -0.15) is 0 Å². The first-order chi connectivity index (χ1) is 7.70. The maximum atomic E-state index is 6.49. The number of hydrogen-bond donors (Lipinski definition) is 1. The average Bonchev–Trinajstić information content (AvgIpc) is 2.29. The van der Waals surface area contributed by atoms with Crippen molar-refractivity contribution in [2.75, 3.05) is 0 Å². The minimum Gasteiger partial charge on any atom is -0.325 e. The Kier molecular flexibility index (Phi) is 6.41. The number of nitrogens with two attached hydrogens (primary N) is 1. The molecule has 0 amide bonds. The summed E-state index contributed by atoms with van der Waals surface area (Å²) >= 11 is 0. The van der Waals surface area contributed by atoms with Crippen molar-refractivity contribution in [1.29, 1.82) is 0 Å². The molecule has 1 aliphatic rings. The highest BCUT2D eigenvalue weighted by Crippen LogP contribution is 2.35. The van der Waals surface area contributed by atoms with E-state index >= 15 is 0 Å². The van der Waals surface area contributed by atoms with Crippen LogP contribution in [0.5, 0.6) is 0 Å². The van der Waals surface area contributed by atoms with Crippen molar-refractivity contribution >= 4 is 0 Å². The highest BCUT2D eigenvalue weighted by atomic mass is 14.7. The highest BCUT2D eigenvalue weighted by molar-refractivity contribution is 4.89. The van der Waals surface area contributed by atoms with Crippen LogP contribution in [0, 0.1) is 5.92 Å². The zero-order valence-corrected chi connectivity index (χ0v) is 11.4. The molecule has 2 N–H and O–H groups in total. The van der Waals surface area contributed by atoms with Crippen molar-refractivity contribution < 1.29 is 0 Å². The fraction of sp³-hybridized carbons (Fsp3) is 1.00. The quantitative estimate of drug-likeness (QED) is 0.627. The first-order valence-corrected chi connectivity index (χ1v) is 7.49. The molecule has 96 valence electrons. The van der Waals surface area contributed by atoms with Crippen LogP contribution in [-0.2, 0) is 0 Å². The summed E-state index contributed by atoms with van der Waals surface area (Å²) in [5.41, 5.74) is 6.70. The molecule has 1 rings (SSSR count). The fourth-order valence-electron chi connectivity index (χ4n) is 3.01. The molecule has 0 aromatic carbocycles. The minimum absolute atomic E-state index is 0.206. The molecule has 1 saturated carbocycles. The van der Waals surface area contributed by atoms with Crippen LogP contribution in [0.3, 0.4) is 0 Å². The van der Waals surface area contributed by atoms with E-state index < -0.39 is 0 Å². The van der Waals surface area contributed by atoms with Gasteiger partial charge in [-0.25, -0.2) is 0 Å². The van der Waals surface area contributed by atoms with E-state index in [1.54, 1.807) is 0 Å². The molecule has 0 spiro atoms. The number of unbranched alkanes of at least 4 members (excludes halogenated alkanes) is 3. The van der Waals surface area contributed by atoms with Crippen molar-refractivity contribution in [2.45, 2.75) is 90.0 Å². The summed E-state index contributed by atoms with van der Waals surface area (Å²) in [7, 11) is 0. The number of hydrogen-bond acceptors (Lipinski definition) is 1. The Balaban J connectivity index is 2.18. The zero-order chi connectivity index (χ0) is 11.9. The Hall–Kier alpha value is -0.0400. The molecular formula is C15H31N. The first-order valence-electron chi connectivity index (χ1n) is 7.49. The molecule has 1 nitrogen and oxygen atoms in total. The Morgan fingerprint density at radius 1 is 1.00 bits per heavy atom. The van der Waals surface area contributed by atoms with Gasteiger partial charge in [0.1, 0.15) is 0 Å². The standard InChI is InChI=1S/C15H31N/c1-3-5-7-11-15(16)12-9-14(10-13-15)8-6-4-2/h14H,3-13,16H2,1-2H3. The molecule has 0 aliphatic heterocycles. The van der Waals surface area contributed by atoms with Gasteiger partial charge in [-0.1, -0.05) is 52.4 Å². The van der Waals surface area contributed by atoms with E-state index in [1.165, 1.54) is 70.6 Å².